The number of amides is 1. The third-order valence-electron chi connectivity index (χ3n) is 5.40. The summed E-state index contributed by atoms with van der Waals surface area (Å²) in [5.74, 6) is 1.65. The van der Waals surface area contributed by atoms with Gasteiger partial charge in [-0.25, -0.2) is 9.97 Å². The molecule has 1 saturated heterocycles. The zero-order valence-electron chi connectivity index (χ0n) is 16.2. The summed E-state index contributed by atoms with van der Waals surface area (Å²) < 4.78 is 5.70. The highest BCUT2D eigenvalue weighted by atomic mass is 32.1. The number of anilines is 1. The molecule has 146 valence electrons. The molecule has 2 aromatic heterocycles. The first-order valence-electron chi connectivity index (χ1n) is 10.1. The Morgan fingerprint density at radius 3 is 2.93 bits per heavy atom. The second kappa shape index (κ2) is 8.10. The molecule has 1 aliphatic heterocycles. The Morgan fingerprint density at radius 2 is 2.22 bits per heavy atom. The Labute approximate surface area is 164 Å². The first kappa shape index (κ1) is 18.6. The standard InChI is InChI=1S/C20H28N4O2S/c1-3-8-24(11-14-6-7-14)20(25)17-13(2)16-18(22-12-23-19(16)27-17)21-10-15-5-4-9-26-15/h12,14-15H,3-11H2,1-2H3,(H,21,22,23). The molecule has 0 radical (unpaired) electrons. The van der Waals surface area contributed by atoms with Crippen molar-refractivity contribution in [2.45, 2.75) is 52.1 Å². The average Bonchev–Trinajstić information content (AvgIpc) is 3.21. The van der Waals surface area contributed by atoms with Crippen molar-refractivity contribution in [3.05, 3.63) is 16.8 Å². The molecule has 2 aromatic rings. The van der Waals surface area contributed by atoms with Gasteiger partial charge in [0.05, 0.1) is 16.4 Å². The van der Waals surface area contributed by atoms with Gasteiger partial charge >= 0.3 is 0 Å². The summed E-state index contributed by atoms with van der Waals surface area (Å²) in [5, 5.41) is 4.40. The summed E-state index contributed by atoms with van der Waals surface area (Å²) in [5.41, 5.74) is 0.993. The molecular formula is C20H28N4O2S. The van der Waals surface area contributed by atoms with Crippen LogP contribution in [0, 0.1) is 12.8 Å². The van der Waals surface area contributed by atoms with Gasteiger partial charge in [0.25, 0.3) is 5.91 Å². The monoisotopic (exact) mass is 388 g/mol. The molecule has 1 unspecified atom stereocenters. The van der Waals surface area contributed by atoms with Crippen LogP contribution < -0.4 is 5.32 Å². The summed E-state index contributed by atoms with van der Waals surface area (Å²) in [6, 6.07) is 0. The summed E-state index contributed by atoms with van der Waals surface area (Å²) >= 11 is 1.49. The van der Waals surface area contributed by atoms with Crippen LogP contribution >= 0.6 is 11.3 Å². The first-order valence-corrected chi connectivity index (χ1v) is 10.9. The highest BCUT2D eigenvalue weighted by Gasteiger charge is 2.29. The molecule has 6 nitrogen and oxygen atoms in total. The predicted molar refractivity (Wildman–Crippen MR) is 109 cm³/mol. The third kappa shape index (κ3) is 4.09. The zero-order chi connectivity index (χ0) is 18.8. The zero-order valence-corrected chi connectivity index (χ0v) is 17.0. The van der Waals surface area contributed by atoms with E-state index < -0.39 is 0 Å². The van der Waals surface area contributed by atoms with E-state index in [1.165, 1.54) is 24.2 Å². The van der Waals surface area contributed by atoms with Gasteiger partial charge < -0.3 is 15.0 Å². The number of nitrogens with zero attached hydrogens (tertiary/aromatic N) is 3. The fraction of sp³-hybridized carbons (Fsp3) is 0.650. The van der Waals surface area contributed by atoms with Crippen molar-refractivity contribution in [3.63, 3.8) is 0 Å². The van der Waals surface area contributed by atoms with Gasteiger partial charge in [0.15, 0.2) is 0 Å². The molecule has 1 atom stereocenters. The summed E-state index contributed by atoms with van der Waals surface area (Å²) in [6.07, 6.45) is 7.52. The first-order chi connectivity index (χ1) is 13.2. The van der Waals surface area contributed by atoms with Gasteiger partial charge in [0, 0.05) is 26.2 Å². The van der Waals surface area contributed by atoms with Gasteiger partial charge in [-0.1, -0.05) is 6.92 Å². The van der Waals surface area contributed by atoms with Crippen LogP contribution in [0.25, 0.3) is 10.2 Å². The minimum Gasteiger partial charge on any atom is -0.376 e. The molecule has 1 saturated carbocycles. The van der Waals surface area contributed by atoms with Crippen LogP contribution in [0.5, 0.6) is 0 Å². The number of aryl methyl sites for hydroxylation is 1. The smallest absolute Gasteiger partial charge is 0.264 e. The number of nitrogens with one attached hydrogen (secondary N) is 1. The van der Waals surface area contributed by atoms with E-state index in [2.05, 4.69) is 22.2 Å². The SMILES string of the molecule is CCCN(CC1CC1)C(=O)c1sc2ncnc(NCC3CCCO3)c2c1C. The molecule has 2 fully saturated rings. The number of aromatic nitrogens is 2. The molecule has 1 amide bonds. The molecule has 1 N–H and O–H groups in total. The highest BCUT2D eigenvalue weighted by molar-refractivity contribution is 7.20. The Hall–Kier alpha value is -1.73. The molecule has 0 spiro atoms. The predicted octanol–water partition coefficient (Wildman–Crippen LogP) is 3.85. The van der Waals surface area contributed by atoms with Gasteiger partial charge in [0.2, 0.25) is 0 Å². The van der Waals surface area contributed by atoms with E-state index in [4.69, 9.17) is 4.74 Å². The average molecular weight is 389 g/mol. The number of carbonyl (C=O) groups excluding carboxylic acids is 1. The molecule has 4 rings (SSSR count). The maximum absolute atomic E-state index is 13.2. The molecule has 7 heteroatoms. The minimum atomic E-state index is 0.148. The number of fused-ring (bicyclic) bond motifs is 1. The van der Waals surface area contributed by atoms with Gasteiger partial charge in [-0.15, -0.1) is 11.3 Å². The lowest BCUT2D eigenvalue weighted by molar-refractivity contribution is 0.0752. The largest absolute Gasteiger partial charge is 0.376 e. The summed E-state index contributed by atoms with van der Waals surface area (Å²) in [6.45, 7) is 7.44. The maximum atomic E-state index is 13.2. The number of thiophene rings is 1. The van der Waals surface area contributed by atoms with E-state index in [0.717, 1.165) is 72.0 Å². The number of ether oxygens (including phenoxy) is 1. The quantitative estimate of drug-likeness (QED) is 0.744. The lowest BCUT2D eigenvalue weighted by atomic mass is 10.1. The van der Waals surface area contributed by atoms with E-state index in [9.17, 15) is 4.79 Å². The normalized spacial score (nSPS) is 19.6. The highest BCUT2D eigenvalue weighted by Crippen LogP contribution is 2.35. The van der Waals surface area contributed by atoms with Crippen molar-refractivity contribution in [2.24, 2.45) is 5.92 Å². The summed E-state index contributed by atoms with van der Waals surface area (Å²) in [7, 11) is 0. The number of rotatable bonds is 8. The minimum absolute atomic E-state index is 0.148. The molecule has 0 aromatic carbocycles. The van der Waals surface area contributed by atoms with Crippen LogP contribution in [0.15, 0.2) is 6.33 Å². The van der Waals surface area contributed by atoms with E-state index >= 15 is 0 Å². The van der Waals surface area contributed by atoms with Crippen LogP contribution in [0.1, 0.15) is 54.3 Å². The van der Waals surface area contributed by atoms with Gasteiger partial charge in [0.1, 0.15) is 17.0 Å². The van der Waals surface area contributed by atoms with Crippen LogP contribution in [-0.4, -0.2) is 53.1 Å². The van der Waals surface area contributed by atoms with Gasteiger partial charge in [-0.3, -0.25) is 4.79 Å². The Kier molecular flexibility index (Phi) is 5.59. The molecular weight excluding hydrogens is 360 g/mol. The van der Waals surface area contributed by atoms with Crippen molar-refractivity contribution >= 4 is 33.3 Å². The van der Waals surface area contributed by atoms with Crippen molar-refractivity contribution < 1.29 is 9.53 Å². The second-order valence-corrected chi connectivity index (χ2v) is 8.67. The fourth-order valence-corrected chi connectivity index (χ4v) is 4.84. The lowest BCUT2D eigenvalue weighted by Crippen LogP contribution is -2.33. The number of hydrogen-bond donors (Lipinski definition) is 1. The maximum Gasteiger partial charge on any atom is 0.264 e. The fourth-order valence-electron chi connectivity index (χ4n) is 3.73. The van der Waals surface area contributed by atoms with Gasteiger partial charge in [-0.05, 0) is 50.5 Å². The Morgan fingerprint density at radius 1 is 1.37 bits per heavy atom. The molecule has 27 heavy (non-hydrogen) atoms. The number of hydrogen-bond acceptors (Lipinski definition) is 6. The van der Waals surface area contributed by atoms with Crippen LogP contribution in [0.4, 0.5) is 5.82 Å². The van der Waals surface area contributed by atoms with Crippen molar-refractivity contribution in [1.82, 2.24) is 14.9 Å². The Bertz CT molecular complexity index is 812. The van der Waals surface area contributed by atoms with E-state index in [1.807, 2.05) is 11.8 Å². The van der Waals surface area contributed by atoms with Gasteiger partial charge in [-0.2, -0.15) is 0 Å². The van der Waals surface area contributed by atoms with Crippen molar-refractivity contribution in [2.75, 3.05) is 31.6 Å². The lowest BCUT2D eigenvalue weighted by Gasteiger charge is -2.21. The topological polar surface area (TPSA) is 67.4 Å². The second-order valence-electron chi connectivity index (χ2n) is 7.67. The van der Waals surface area contributed by atoms with Crippen LogP contribution in [0.2, 0.25) is 0 Å². The number of carbonyl (C=O) groups is 1. The van der Waals surface area contributed by atoms with Crippen molar-refractivity contribution in [1.29, 1.82) is 0 Å². The van der Waals surface area contributed by atoms with Crippen molar-refractivity contribution in [3.8, 4) is 0 Å². The van der Waals surface area contributed by atoms with Crippen LogP contribution in [-0.2, 0) is 4.74 Å². The molecule has 0 bridgehead atoms. The van der Waals surface area contributed by atoms with E-state index in [1.54, 1.807) is 6.33 Å². The Balaban J connectivity index is 1.58. The third-order valence-corrected chi connectivity index (χ3v) is 6.59. The molecule has 1 aliphatic carbocycles. The molecule has 2 aliphatic rings. The summed E-state index contributed by atoms with van der Waals surface area (Å²) in [4.78, 5) is 25.8. The van der Waals surface area contributed by atoms with Crippen LogP contribution in [0.3, 0.4) is 0 Å². The van der Waals surface area contributed by atoms with E-state index in [0.29, 0.717) is 5.92 Å². The van der Waals surface area contributed by atoms with E-state index in [-0.39, 0.29) is 12.0 Å². The molecule has 3 heterocycles.